The van der Waals surface area contributed by atoms with Crippen molar-refractivity contribution >= 4 is 40.9 Å². The van der Waals surface area contributed by atoms with Gasteiger partial charge in [-0.1, -0.05) is 29.3 Å². The highest BCUT2D eigenvalue weighted by Gasteiger charge is 2.14. The average Bonchev–Trinajstić information content (AvgIpc) is 2.39. The number of halogens is 2. The minimum atomic E-state index is -1.51. The van der Waals surface area contributed by atoms with E-state index in [0.29, 0.717) is 10.0 Å². The smallest absolute Gasteiger partial charge is 0.332 e. The van der Waals surface area contributed by atoms with Crippen LogP contribution in [0.15, 0.2) is 12.1 Å². The molecule has 110 valence electrons. The molecule has 0 spiro atoms. The highest BCUT2D eigenvalue weighted by molar-refractivity contribution is 6.40. The summed E-state index contributed by atoms with van der Waals surface area (Å²) in [6.45, 7) is 1.77. The number of aliphatic carboxylic acids is 1. The van der Waals surface area contributed by atoms with Crippen LogP contribution in [0.2, 0.25) is 10.0 Å². The third kappa shape index (κ3) is 4.56. The fraction of sp³-hybridized carbons (Fsp3) is 0.333. The van der Waals surface area contributed by atoms with Gasteiger partial charge in [-0.2, -0.15) is 0 Å². The van der Waals surface area contributed by atoms with Crippen molar-refractivity contribution < 1.29 is 19.8 Å². The molecular weight excluding hydrogens is 307 g/mol. The molecular formula is C12H14Cl2N2O4. The van der Waals surface area contributed by atoms with Crippen molar-refractivity contribution in [2.75, 3.05) is 11.9 Å². The predicted octanol–water partition coefficient (Wildman–Crippen LogP) is 2.26. The van der Waals surface area contributed by atoms with Gasteiger partial charge in [0.15, 0.2) is 6.10 Å². The molecule has 0 unspecified atom stereocenters. The zero-order valence-electron chi connectivity index (χ0n) is 10.6. The molecule has 0 saturated carbocycles. The highest BCUT2D eigenvalue weighted by atomic mass is 35.5. The van der Waals surface area contributed by atoms with Crippen LogP contribution in [0.25, 0.3) is 0 Å². The standard InChI is InChI=1S/C12H14Cl2N2O4/c1-6-2-3-7(13)10(9(6)14)16-12(20)15-5-4-8(17)11(18)19/h2-3,8,17H,4-5H2,1H3,(H,18,19)(H2,15,16,20)/t8-/m0/s1. The molecule has 1 atom stereocenters. The fourth-order valence-electron chi connectivity index (χ4n) is 1.37. The molecule has 1 rings (SSSR count). The van der Waals surface area contributed by atoms with Crippen molar-refractivity contribution in [3.05, 3.63) is 27.7 Å². The Balaban J connectivity index is 2.55. The molecule has 4 N–H and O–H groups in total. The zero-order valence-corrected chi connectivity index (χ0v) is 12.1. The number of carbonyl (C=O) groups excluding carboxylic acids is 1. The Labute approximate surface area is 125 Å². The number of aliphatic hydroxyl groups excluding tert-OH is 1. The van der Waals surface area contributed by atoms with Gasteiger partial charge in [0.1, 0.15) is 0 Å². The number of urea groups is 1. The molecule has 2 amide bonds. The summed E-state index contributed by atoms with van der Waals surface area (Å²) < 4.78 is 0. The molecule has 8 heteroatoms. The number of aryl methyl sites for hydroxylation is 1. The van der Waals surface area contributed by atoms with Crippen LogP contribution in [-0.4, -0.2) is 34.9 Å². The zero-order chi connectivity index (χ0) is 15.3. The lowest BCUT2D eigenvalue weighted by atomic mass is 10.2. The molecule has 0 saturated heterocycles. The van der Waals surface area contributed by atoms with Crippen molar-refractivity contribution in [1.82, 2.24) is 5.32 Å². The number of carboxylic acid groups (broad SMARTS) is 1. The number of hydrogen-bond acceptors (Lipinski definition) is 3. The monoisotopic (exact) mass is 320 g/mol. The summed E-state index contributed by atoms with van der Waals surface area (Å²) in [5.41, 5.74) is 1.04. The van der Waals surface area contributed by atoms with Gasteiger partial charge in [0, 0.05) is 13.0 Å². The van der Waals surface area contributed by atoms with E-state index in [-0.39, 0.29) is 18.7 Å². The van der Waals surface area contributed by atoms with Crippen LogP contribution in [0.5, 0.6) is 0 Å². The lowest BCUT2D eigenvalue weighted by molar-refractivity contribution is -0.146. The second kappa shape index (κ2) is 7.33. The van der Waals surface area contributed by atoms with E-state index in [1.807, 2.05) is 0 Å². The summed E-state index contributed by atoms with van der Waals surface area (Å²) in [5.74, 6) is -1.34. The molecule has 0 aromatic heterocycles. The molecule has 0 aliphatic heterocycles. The average molecular weight is 321 g/mol. The lowest BCUT2D eigenvalue weighted by Gasteiger charge is -2.12. The molecule has 0 aliphatic carbocycles. The summed E-state index contributed by atoms with van der Waals surface area (Å²) in [4.78, 5) is 22.0. The van der Waals surface area contributed by atoms with Crippen LogP contribution < -0.4 is 10.6 Å². The second-order valence-corrected chi connectivity index (χ2v) is 4.86. The number of amides is 2. The van der Waals surface area contributed by atoms with Crippen LogP contribution in [0.4, 0.5) is 10.5 Å². The van der Waals surface area contributed by atoms with Crippen LogP contribution in [0.3, 0.4) is 0 Å². The van der Waals surface area contributed by atoms with Crippen LogP contribution in [-0.2, 0) is 4.79 Å². The first-order chi connectivity index (χ1) is 9.32. The molecule has 20 heavy (non-hydrogen) atoms. The van der Waals surface area contributed by atoms with E-state index in [2.05, 4.69) is 10.6 Å². The second-order valence-electron chi connectivity index (χ2n) is 4.08. The molecule has 0 fully saturated rings. The molecule has 1 aromatic carbocycles. The SMILES string of the molecule is Cc1ccc(Cl)c(NC(=O)NCC[C@H](O)C(=O)O)c1Cl. The first kappa shape index (κ1) is 16.6. The van der Waals surface area contributed by atoms with E-state index in [1.165, 1.54) is 0 Å². The van der Waals surface area contributed by atoms with Gasteiger partial charge in [-0.25, -0.2) is 9.59 Å². The quantitative estimate of drug-likeness (QED) is 0.668. The highest BCUT2D eigenvalue weighted by Crippen LogP contribution is 2.32. The van der Waals surface area contributed by atoms with Crippen molar-refractivity contribution in [3.63, 3.8) is 0 Å². The topological polar surface area (TPSA) is 98.7 Å². The number of anilines is 1. The molecule has 0 bridgehead atoms. The van der Waals surface area contributed by atoms with Gasteiger partial charge < -0.3 is 20.8 Å². The van der Waals surface area contributed by atoms with Gasteiger partial charge in [-0.3, -0.25) is 0 Å². The maximum atomic E-state index is 11.6. The summed E-state index contributed by atoms with van der Waals surface area (Å²) in [6, 6.07) is 2.74. The fourth-order valence-corrected chi connectivity index (χ4v) is 1.84. The summed E-state index contributed by atoms with van der Waals surface area (Å²) in [5, 5.41) is 23.0. The molecule has 0 aliphatic rings. The first-order valence-electron chi connectivity index (χ1n) is 5.73. The number of aliphatic hydroxyl groups is 1. The van der Waals surface area contributed by atoms with Gasteiger partial charge in [0.25, 0.3) is 0 Å². The first-order valence-corrected chi connectivity index (χ1v) is 6.49. The number of nitrogens with one attached hydrogen (secondary N) is 2. The third-order valence-corrected chi connectivity index (χ3v) is 3.31. The predicted molar refractivity (Wildman–Crippen MR) is 76.5 cm³/mol. The summed E-state index contributed by atoms with van der Waals surface area (Å²) in [7, 11) is 0. The van der Waals surface area contributed by atoms with E-state index >= 15 is 0 Å². The lowest BCUT2D eigenvalue weighted by Crippen LogP contribution is -2.33. The van der Waals surface area contributed by atoms with E-state index in [4.69, 9.17) is 33.4 Å². The molecule has 0 heterocycles. The largest absolute Gasteiger partial charge is 0.479 e. The number of carboxylic acids is 1. The van der Waals surface area contributed by atoms with Crippen LogP contribution >= 0.6 is 23.2 Å². The van der Waals surface area contributed by atoms with Gasteiger partial charge in [0.2, 0.25) is 0 Å². The third-order valence-electron chi connectivity index (χ3n) is 2.51. The number of hydrogen-bond donors (Lipinski definition) is 4. The van der Waals surface area contributed by atoms with Crippen LogP contribution in [0, 0.1) is 6.92 Å². The Morgan fingerprint density at radius 3 is 2.60 bits per heavy atom. The van der Waals surface area contributed by atoms with Gasteiger partial charge in [0.05, 0.1) is 15.7 Å². The summed E-state index contributed by atoms with van der Waals surface area (Å²) >= 11 is 12.0. The Morgan fingerprint density at radius 1 is 1.35 bits per heavy atom. The van der Waals surface area contributed by atoms with Crippen molar-refractivity contribution in [3.8, 4) is 0 Å². The maximum Gasteiger partial charge on any atom is 0.332 e. The van der Waals surface area contributed by atoms with Gasteiger partial charge >= 0.3 is 12.0 Å². The van der Waals surface area contributed by atoms with E-state index in [1.54, 1.807) is 19.1 Å². The van der Waals surface area contributed by atoms with Gasteiger partial charge in [-0.05, 0) is 18.6 Å². The Hall–Kier alpha value is -1.50. The minimum absolute atomic E-state index is 0.000351. The van der Waals surface area contributed by atoms with E-state index in [9.17, 15) is 9.59 Å². The molecule has 0 radical (unpaired) electrons. The normalized spacial score (nSPS) is 11.8. The van der Waals surface area contributed by atoms with Crippen molar-refractivity contribution in [2.45, 2.75) is 19.4 Å². The van der Waals surface area contributed by atoms with Crippen molar-refractivity contribution in [1.29, 1.82) is 0 Å². The number of rotatable bonds is 5. The molecule has 1 aromatic rings. The maximum absolute atomic E-state index is 11.6. The number of carbonyl (C=O) groups is 2. The van der Waals surface area contributed by atoms with E-state index in [0.717, 1.165) is 5.56 Å². The Bertz CT molecular complexity index is 522. The Morgan fingerprint density at radius 2 is 2.00 bits per heavy atom. The summed E-state index contributed by atoms with van der Waals surface area (Å²) in [6.07, 6.45) is -1.61. The minimum Gasteiger partial charge on any atom is -0.479 e. The molecule has 6 nitrogen and oxygen atoms in total. The van der Waals surface area contributed by atoms with Gasteiger partial charge in [-0.15, -0.1) is 0 Å². The number of benzene rings is 1. The van der Waals surface area contributed by atoms with Crippen LogP contribution in [0.1, 0.15) is 12.0 Å². The Kier molecular flexibility index (Phi) is 6.06. The van der Waals surface area contributed by atoms with E-state index < -0.39 is 18.1 Å². The van der Waals surface area contributed by atoms with Crippen molar-refractivity contribution in [2.24, 2.45) is 0 Å².